The molecule has 0 saturated carbocycles. The molecule has 2 heteroatoms. The van der Waals surface area contributed by atoms with Gasteiger partial charge in [-0.15, -0.1) is 0 Å². The SMILES string of the molecule is Cc1ccc(Br)cc1C(O)Cc1ccc(C(C)C)cc1. The van der Waals surface area contributed by atoms with Crippen molar-refractivity contribution in [2.24, 2.45) is 0 Å². The summed E-state index contributed by atoms with van der Waals surface area (Å²) in [7, 11) is 0. The topological polar surface area (TPSA) is 20.2 Å². The maximum absolute atomic E-state index is 10.4. The zero-order valence-electron chi connectivity index (χ0n) is 12.2. The maximum atomic E-state index is 10.4. The van der Waals surface area contributed by atoms with Gasteiger partial charge in [-0.05, 0) is 47.2 Å². The first kappa shape index (κ1) is 15.3. The molecule has 0 aliphatic heterocycles. The van der Waals surface area contributed by atoms with Crippen LogP contribution < -0.4 is 0 Å². The van der Waals surface area contributed by atoms with Crippen LogP contribution in [-0.2, 0) is 6.42 Å². The average Bonchev–Trinajstić information content (AvgIpc) is 2.42. The first-order valence-corrected chi connectivity index (χ1v) is 7.79. The maximum Gasteiger partial charge on any atom is 0.0833 e. The van der Waals surface area contributed by atoms with Crippen molar-refractivity contribution in [3.05, 3.63) is 69.2 Å². The van der Waals surface area contributed by atoms with E-state index in [2.05, 4.69) is 54.0 Å². The molecule has 0 spiro atoms. The lowest BCUT2D eigenvalue weighted by molar-refractivity contribution is 0.177. The highest BCUT2D eigenvalue weighted by atomic mass is 79.9. The molecule has 0 amide bonds. The second kappa shape index (κ2) is 6.55. The minimum absolute atomic E-state index is 0.461. The van der Waals surface area contributed by atoms with Crippen LogP contribution in [0.15, 0.2) is 46.9 Å². The van der Waals surface area contributed by atoms with E-state index in [1.165, 1.54) is 11.1 Å². The molecule has 2 rings (SSSR count). The van der Waals surface area contributed by atoms with Crippen LogP contribution in [0.5, 0.6) is 0 Å². The molecule has 1 N–H and O–H groups in total. The van der Waals surface area contributed by atoms with E-state index < -0.39 is 6.10 Å². The Kier molecular flexibility index (Phi) is 5.00. The molecule has 1 nitrogen and oxygen atoms in total. The van der Waals surface area contributed by atoms with Gasteiger partial charge in [0.25, 0.3) is 0 Å². The Bertz CT molecular complexity index is 572. The Labute approximate surface area is 129 Å². The predicted molar refractivity (Wildman–Crippen MR) is 88.1 cm³/mol. The van der Waals surface area contributed by atoms with Gasteiger partial charge < -0.3 is 5.11 Å². The van der Waals surface area contributed by atoms with Crippen LogP contribution in [0.25, 0.3) is 0 Å². The molecule has 1 atom stereocenters. The third kappa shape index (κ3) is 3.71. The van der Waals surface area contributed by atoms with E-state index >= 15 is 0 Å². The third-order valence-electron chi connectivity index (χ3n) is 3.68. The normalized spacial score (nSPS) is 12.7. The number of aryl methyl sites for hydroxylation is 1. The van der Waals surface area contributed by atoms with Crippen LogP contribution in [0.2, 0.25) is 0 Å². The largest absolute Gasteiger partial charge is 0.388 e. The lowest BCUT2D eigenvalue weighted by atomic mass is 9.96. The van der Waals surface area contributed by atoms with E-state index in [1.807, 2.05) is 25.1 Å². The quantitative estimate of drug-likeness (QED) is 0.820. The average molecular weight is 333 g/mol. The van der Waals surface area contributed by atoms with Crippen molar-refractivity contribution in [1.29, 1.82) is 0 Å². The van der Waals surface area contributed by atoms with E-state index in [9.17, 15) is 5.11 Å². The molecule has 1 unspecified atom stereocenters. The molecule has 2 aromatic carbocycles. The van der Waals surface area contributed by atoms with Crippen LogP contribution in [0.1, 0.15) is 48.1 Å². The molecule has 0 fully saturated rings. The van der Waals surface area contributed by atoms with Gasteiger partial charge in [0.15, 0.2) is 0 Å². The second-order valence-corrected chi connectivity index (χ2v) is 6.53. The van der Waals surface area contributed by atoms with Crippen molar-refractivity contribution in [2.75, 3.05) is 0 Å². The predicted octanol–water partition coefficient (Wildman–Crippen LogP) is 5.16. The van der Waals surface area contributed by atoms with Gasteiger partial charge in [-0.25, -0.2) is 0 Å². The highest BCUT2D eigenvalue weighted by Crippen LogP contribution is 2.25. The summed E-state index contributed by atoms with van der Waals surface area (Å²) in [4.78, 5) is 0. The first-order valence-electron chi connectivity index (χ1n) is 7.00. The summed E-state index contributed by atoms with van der Waals surface area (Å²) in [6.07, 6.45) is 0.188. The zero-order valence-corrected chi connectivity index (χ0v) is 13.8. The summed E-state index contributed by atoms with van der Waals surface area (Å²) in [5, 5.41) is 10.4. The summed E-state index contributed by atoms with van der Waals surface area (Å²) in [6.45, 7) is 6.41. The van der Waals surface area contributed by atoms with E-state index in [-0.39, 0.29) is 0 Å². The van der Waals surface area contributed by atoms with Crippen LogP contribution in [0.3, 0.4) is 0 Å². The van der Waals surface area contributed by atoms with Crippen molar-refractivity contribution in [3.63, 3.8) is 0 Å². The van der Waals surface area contributed by atoms with Crippen LogP contribution in [0.4, 0.5) is 0 Å². The van der Waals surface area contributed by atoms with Crippen LogP contribution >= 0.6 is 15.9 Å². The van der Waals surface area contributed by atoms with E-state index in [4.69, 9.17) is 0 Å². The van der Waals surface area contributed by atoms with E-state index in [0.717, 1.165) is 15.6 Å². The molecule has 0 aliphatic rings. The molecular formula is C18H21BrO. The number of hydrogen-bond acceptors (Lipinski definition) is 1. The van der Waals surface area contributed by atoms with Crippen molar-refractivity contribution in [1.82, 2.24) is 0 Å². The summed E-state index contributed by atoms with van der Waals surface area (Å²) in [5.74, 6) is 0.543. The second-order valence-electron chi connectivity index (χ2n) is 5.62. The highest BCUT2D eigenvalue weighted by Gasteiger charge is 2.12. The Morgan fingerprint density at radius 2 is 1.70 bits per heavy atom. The molecule has 0 bridgehead atoms. The van der Waals surface area contributed by atoms with Crippen molar-refractivity contribution >= 4 is 15.9 Å². The van der Waals surface area contributed by atoms with Gasteiger partial charge in [0.05, 0.1) is 6.10 Å². The first-order chi connectivity index (χ1) is 9.47. The Balaban J connectivity index is 2.14. The minimum Gasteiger partial charge on any atom is -0.388 e. The molecule has 106 valence electrons. The lowest BCUT2D eigenvalue weighted by Gasteiger charge is -2.15. The number of aliphatic hydroxyl groups excluding tert-OH is 1. The van der Waals surface area contributed by atoms with Crippen molar-refractivity contribution in [3.8, 4) is 0 Å². The molecule has 0 heterocycles. The van der Waals surface area contributed by atoms with Gasteiger partial charge in [-0.2, -0.15) is 0 Å². The molecule has 0 aromatic heterocycles. The Morgan fingerprint density at radius 3 is 2.30 bits per heavy atom. The molecular weight excluding hydrogens is 312 g/mol. The van der Waals surface area contributed by atoms with E-state index in [0.29, 0.717) is 12.3 Å². The van der Waals surface area contributed by atoms with Crippen LogP contribution in [-0.4, -0.2) is 5.11 Å². The Hall–Kier alpha value is -1.12. The zero-order chi connectivity index (χ0) is 14.7. The number of aliphatic hydroxyl groups is 1. The number of rotatable bonds is 4. The minimum atomic E-state index is -0.461. The van der Waals surface area contributed by atoms with E-state index in [1.54, 1.807) is 0 Å². The lowest BCUT2D eigenvalue weighted by Crippen LogP contribution is -2.04. The summed E-state index contributed by atoms with van der Waals surface area (Å²) < 4.78 is 1.01. The summed E-state index contributed by atoms with van der Waals surface area (Å²) in [5.41, 5.74) is 4.62. The fraction of sp³-hybridized carbons (Fsp3) is 0.333. The number of hydrogen-bond donors (Lipinski definition) is 1. The van der Waals surface area contributed by atoms with Gasteiger partial charge in [-0.1, -0.05) is 60.1 Å². The summed E-state index contributed by atoms with van der Waals surface area (Å²) in [6, 6.07) is 14.6. The van der Waals surface area contributed by atoms with Gasteiger partial charge in [0.1, 0.15) is 0 Å². The molecule has 0 radical (unpaired) electrons. The Morgan fingerprint density at radius 1 is 1.05 bits per heavy atom. The smallest absolute Gasteiger partial charge is 0.0833 e. The molecule has 2 aromatic rings. The van der Waals surface area contributed by atoms with Crippen molar-refractivity contribution in [2.45, 2.75) is 39.2 Å². The monoisotopic (exact) mass is 332 g/mol. The van der Waals surface area contributed by atoms with Gasteiger partial charge in [0.2, 0.25) is 0 Å². The standard InChI is InChI=1S/C18H21BrO/c1-12(2)15-7-5-14(6-8-15)10-18(20)17-11-16(19)9-4-13(17)3/h4-9,11-12,18,20H,10H2,1-3H3. The number of benzene rings is 2. The molecule has 0 aliphatic carbocycles. The third-order valence-corrected chi connectivity index (χ3v) is 4.17. The highest BCUT2D eigenvalue weighted by molar-refractivity contribution is 9.10. The summed E-state index contributed by atoms with van der Waals surface area (Å²) >= 11 is 3.46. The van der Waals surface area contributed by atoms with Gasteiger partial charge >= 0.3 is 0 Å². The van der Waals surface area contributed by atoms with Crippen molar-refractivity contribution < 1.29 is 5.11 Å². The number of halogens is 1. The van der Waals surface area contributed by atoms with Gasteiger partial charge in [-0.3, -0.25) is 0 Å². The van der Waals surface area contributed by atoms with Crippen LogP contribution in [0, 0.1) is 6.92 Å². The molecule has 0 saturated heterocycles. The fourth-order valence-corrected chi connectivity index (χ4v) is 2.72. The molecule has 20 heavy (non-hydrogen) atoms. The fourth-order valence-electron chi connectivity index (χ4n) is 2.34. The van der Waals surface area contributed by atoms with Gasteiger partial charge in [0, 0.05) is 10.9 Å².